The van der Waals surface area contributed by atoms with E-state index in [0.717, 1.165) is 0 Å². The Balaban J connectivity index is 2.06. The highest BCUT2D eigenvalue weighted by Gasteiger charge is 2.16. The molecule has 2 rings (SSSR count). The van der Waals surface area contributed by atoms with Crippen LogP contribution in [0.5, 0.6) is 5.75 Å². The zero-order chi connectivity index (χ0) is 15.9. The maximum atomic E-state index is 12.0. The van der Waals surface area contributed by atoms with Gasteiger partial charge in [0.1, 0.15) is 5.75 Å². The fraction of sp³-hybridized carbons (Fsp3) is 0.125. The molecule has 0 saturated carbocycles. The predicted molar refractivity (Wildman–Crippen MR) is 89.0 cm³/mol. The van der Waals surface area contributed by atoms with Crippen molar-refractivity contribution in [3.63, 3.8) is 0 Å². The first-order valence-corrected chi connectivity index (χ1v) is 7.49. The number of rotatable bonds is 4. The van der Waals surface area contributed by atoms with Crippen LogP contribution in [0.15, 0.2) is 53.0 Å². The predicted octanol–water partition coefficient (Wildman–Crippen LogP) is 3.43. The molecule has 0 atom stereocenters. The van der Waals surface area contributed by atoms with E-state index in [9.17, 15) is 9.59 Å². The lowest BCUT2D eigenvalue weighted by Crippen LogP contribution is -2.29. The standard InChI is InChI=1S/C16H15BrN2O3/c1-2-22-14-10-6-5-9-13(14)19-16(21)15(20)18-12-8-4-3-7-11(12)17/h3-10H,2H2,1H3,(H,18,20)(H,19,21). The number of hydrogen-bond acceptors (Lipinski definition) is 3. The summed E-state index contributed by atoms with van der Waals surface area (Å²) in [6.45, 7) is 2.31. The van der Waals surface area contributed by atoms with Gasteiger partial charge in [0, 0.05) is 4.47 Å². The molecule has 5 nitrogen and oxygen atoms in total. The van der Waals surface area contributed by atoms with Crippen LogP contribution in [-0.4, -0.2) is 18.4 Å². The molecule has 0 aromatic heterocycles. The summed E-state index contributed by atoms with van der Waals surface area (Å²) in [6, 6.07) is 14.0. The van der Waals surface area contributed by atoms with Crippen LogP contribution in [0.4, 0.5) is 11.4 Å². The molecule has 0 unspecified atom stereocenters. The third-order valence-electron chi connectivity index (χ3n) is 2.76. The fourth-order valence-electron chi connectivity index (χ4n) is 1.77. The number of hydrogen-bond donors (Lipinski definition) is 2. The Morgan fingerprint density at radius 2 is 1.50 bits per heavy atom. The molecule has 2 N–H and O–H groups in total. The SMILES string of the molecule is CCOc1ccccc1NC(=O)C(=O)Nc1ccccc1Br. The molecule has 0 radical (unpaired) electrons. The largest absolute Gasteiger partial charge is 0.492 e. The van der Waals surface area contributed by atoms with Crippen molar-refractivity contribution in [3.8, 4) is 5.75 Å². The van der Waals surface area contributed by atoms with Crippen LogP contribution >= 0.6 is 15.9 Å². The van der Waals surface area contributed by atoms with Gasteiger partial charge in [-0.05, 0) is 47.1 Å². The molecule has 2 aromatic rings. The first-order chi connectivity index (χ1) is 10.6. The number of benzene rings is 2. The topological polar surface area (TPSA) is 67.4 Å². The second-order valence-corrected chi connectivity index (χ2v) is 5.17. The summed E-state index contributed by atoms with van der Waals surface area (Å²) in [5.41, 5.74) is 0.984. The van der Waals surface area contributed by atoms with Gasteiger partial charge in [-0.15, -0.1) is 0 Å². The third-order valence-corrected chi connectivity index (χ3v) is 3.45. The quantitative estimate of drug-likeness (QED) is 0.818. The average molecular weight is 363 g/mol. The van der Waals surface area contributed by atoms with Crippen LogP contribution in [0.2, 0.25) is 0 Å². The summed E-state index contributed by atoms with van der Waals surface area (Å²) in [5.74, 6) is -0.992. The van der Waals surface area contributed by atoms with Crippen molar-refractivity contribution in [1.29, 1.82) is 0 Å². The minimum Gasteiger partial charge on any atom is -0.492 e. The van der Waals surface area contributed by atoms with E-state index >= 15 is 0 Å². The maximum Gasteiger partial charge on any atom is 0.314 e. The Hall–Kier alpha value is -2.34. The van der Waals surface area contributed by atoms with E-state index in [4.69, 9.17) is 4.74 Å². The number of ether oxygens (including phenoxy) is 1. The highest BCUT2D eigenvalue weighted by atomic mass is 79.9. The van der Waals surface area contributed by atoms with E-state index in [2.05, 4.69) is 26.6 Å². The first-order valence-electron chi connectivity index (χ1n) is 6.70. The number of anilines is 2. The van der Waals surface area contributed by atoms with Gasteiger partial charge >= 0.3 is 11.8 Å². The van der Waals surface area contributed by atoms with E-state index in [1.807, 2.05) is 13.0 Å². The molecule has 0 aliphatic heterocycles. The van der Waals surface area contributed by atoms with Gasteiger partial charge in [0.05, 0.1) is 18.0 Å². The summed E-state index contributed by atoms with van der Waals surface area (Å²) in [7, 11) is 0. The average Bonchev–Trinajstić information content (AvgIpc) is 2.51. The van der Waals surface area contributed by atoms with Crippen molar-refractivity contribution in [2.24, 2.45) is 0 Å². The summed E-state index contributed by atoms with van der Waals surface area (Å²) in [6.07, 6.45) is 0. The Labute approximate surface area is 136 Å². The summed E-state index contributed by atoms with van der Waals surface area (Å²) in [5, 5.41) is 5.09. The third kappa shape index (κ3) is 4.08. The van der Waals surface area contributed by atoms with Crippen molar-refractivity contribution in [2.75, 3.05) is 17.2 Å². The number of halogens is 1. The maximum absolute atomic E-state index is 12.0. The highest BCUT2D eigenvalue weighted by Crippen LogP contribution is 2.24. The van der Waals surface area contributed by atoms with Gasteiger partial charge in [0.25, 0.3) is 0 Å². The molecule has 0 heterocycles. The molecule has 0 fully saturated rings. The molecule has 114 valence electrons. The molecular formula is C16H15BrN2O3. The second kappa shape index (κ2) is 7.61. The summed E-state index contributed by atoms with van der Waals surface area (Å²) < 4.78 is 6.10. The Morgan fingerprint density at radius 3 is 2.14 bits per heavy atom. The smallest absolute Gasteiger partial charge is 0.314 e. The molecule has 0 spiro atoms. The van der Waals surface area contributed by atoms with Gasteiger partial charge in [0.15, 0.2) is 0 Å². The molecule has 0 bridgehead atoms. The van der Waals surface area contributed by atoms with Gasteiger partial charge in [0.2, 0.25) is 0 Å². The highest BCUT2D eigenvalue weighted by molar-refractivity contribution is 9.10. The lowest BCUT2D eigenvalue weighted by atomic mass is 10.3. The molecule has 0 aliphatic carbocycles. The molecule has 2 amide bonds. The zero-order valence-corrected chi connectivity index (χ0v) is 13.5. The Bertz CT molecular complexity index is 689. The molecular weight excluding hydrogens is 348 g/mol. The summed E-state index contributed by atoms with van der Waals surface area (Å²) >= 11 is 3.31. The molecule has 0 aliphatic rings. The Morgan fingerprint density at radius 1 is 0.955 bits per heavy atom. The fourth-order valence-corrected chi connectivity index (χ4v) is 2.16. The van der Waals surface area contributed by atoms with E-state index in [1.165, 1.54) is 0 Å². The molecule has 6 heteroatoms. The lowest BCUT2D eigenvalue weighted by molar-refractivity contribution is -0.133. The minimum absolute atomic E-state index is 0.455. The monoisotopic (exact) mass is 362 g/mol. The minimum atomic E-state index is -0.761. The zero-order valence-electron chi connectivity index (χ0n) is 11.9. The first kappa shape index (κ1) is 16.0. The van der Waals surface area contributed by atoms with Crippen molar-refractivity contribution >= 4 is 39.1 Å². The van der Waals surface area contributed by atoms with Crippen LogP contribution in [0, 0.1) is 0 Å². The van der Waals surface area contributed by atoms with Crippen molar-refractivity contribution in [2.45, 2.75) is 6.92 Å². The van der Waals surface area contributed by atoms with Crippen LogP contribution in [0.25, 0.3) is 0 Å². The van der Waals surface area contributed by atoms with Crippen molar-refractivity contribution in [3.05, 3.63) is 53.0 Å². The number of carbonyl (C=O) groups excluding carboxylic acids is 2. The van der Waals surface area contributed by atoms with Gasteiger partial charge < -0.3 is 15.4 Å². The van der Waals surface area contributed by atoms with Gasteiger partial charge in [-0.25, -0.2) is 0 Å². The van der Waals surface area contributed by atoms with Crippen LogP contribution in [0.3, 0.4) is 0 Å². The molecule has 2 aromatic carbocycles. The summed E-state index contributed by atoms with van der Waals surface area (Å²) in [4.78, 5) is 23.9. The molecule has 22 heavy (non-hydrogen) atoms. The normalized spacial score (nSPS) is 9.91. The number of nitrogens with one attached hydrogen (secondary N) is 2. The number of carbonyl (C=O) groups is 2. The van der Waals surface area contributed by atoms with Crippen molar-refractivity contribution in [1.82, 2.24) is 0 Å². The molecule has 0 saturated heterocycles. The second-order valence-electron chi connectivity index (χ2n) is 4.32. The number of amides is 2. The van der Waals surface area contributed by atoms with Gasteiger partial charge in [-0.1, -0.05) is 24.3 Å². The van der Waals surface area contributed by atoms with Crippen LogP contribution in [-0.2, 0) is 9.59 Å². The Kier molecular flexibility index (Phi) is 5.55. The van der Waals surface area contributed by atoms with Crippen LogP contribution in [0.1, 0.15) is 6.92 Å². The van der Waals surface area contributed by atoms with E-state index < -0.39 is 11.8 Å². The lowest BCUT2D eigenvalue weighted by Gasteiger charge is -2.11. The van der Waals surface area contributed by atoms with E-state index in [-0.39, 0.29) is 0 Å². The van der Waals surface area contributed by atoms with Gasteiger partial charge in [-0.2, -0.15) is 0 Å². The van der Waals surface area contributed by atoms with Gasteiger partial charge in [-0.3, -0.25) is 9.59 Å². The van der Waals surface area contributed by atoms with E-state index in [1.54, 1.807) is 42.5 Å². The van der Waals surface area contributed by atoms with Crippen molar-refractivity contribution < 1.29 is 14.3 Å². The van der Waals surface area contributed by atoms with E-state index in [0.29, 0.717) is 28.2 Å². The number of para-hydroxylation sites is 3. The van der Waals surface area contributed by atoms with Crippen LogP contribution < -0.4 is 15.4 Å².